The monoisotopic (exact) mass is 546 g/mol. The molecule has 0 spiro atoms. The van der Waals surface area contributed by atoms with Gasteiger partial charge in [0, 0.05) is 17.8 Å². The first-order valence-electron chi connectivity index (χ1n) is 13.9. The fourth-order valence-corrected chi connectivity index (χ4v) is 9.89. The van der Waals surface area contributed by atoms with Gasteiger partial charge in [0.15, 0.2) is 0 Å². The number of phosphoric acid groups is 1. The van der Waals surface area contributed by atoms with Crippen LogP contribution in [0, 0.1) is 34.5 Å². The van der Waals surface area contributed by atoms with Crippen LogP contribution >= 0.6 is 7.82 Å². The largest absolute Gasteiger partial charge is 0.469 e. The van der Waals surface area contributed by atoms with Crippen molar-refractivity contribution in [3.8, 4) is 0 Å². The lowest BCUT2D eigenvalue weighted by atomic mass is 9.42. The molecule has 4 aliphatic rings. The predicted octanol–water partition coefficient (Wildman–Crippen LogP) is 3.08. The number of Topliss-reactive ketones (excluding diaryl/α,β-unsaturated/α-hetero) is 1. The van der Waals surface area contributed by atoms with Crippen molar-refractivity contribution in [2.45, 2.75) is 128 Å². The molecule has 0 bridgehead atoms. The molecule has 0 radical (unpaired) electrons. The third kappa shape index (κ3) is 5.01. The molecule has 4 fully saturated rings. The number of aliphatic hydroxyl groups is 4. The van der Waals surface area contributed by atoms with Crippen molar-refractivity contribution >= 4 is 13.6 Å². The average Bonchev–Trinajstić information content (AvgIpc) is 3.03. The maximum absolute atomic E-state index is 13.4. The molecule has 0 aromatic carbocycles. The highest BCUT2D eigenvalue weighted by Crippen LogP contribution is 2.70. The molecule has 1 unspecified atom stereocenters. The summed E-state index contributed by atoms with van der Waals surface area (Å²) >= 11 is 0. The van der Waals surface area contributed by atoms with E-state index in [-0.39, 0.29) is 48.2 Å². The molecule has 9 nitrogen and oxygen atoms in total. The normalized spacial score (nSPS) is 44.9. The van der Waals surface area contributed by atoms with Crippen LogP contribution < -0.4 is 0 Å². The number of carbonyl (C=O) groups excluding carboxylic acids is 1. The molecule has 0 aliphatic heterocycles. The van der Waals surface area contributed by atoms with Gasteiger partial charge in [-0.2, -0.15) is 0 Å². The summed E-state index contributed by atoms with van der Waals surface area (Å²) in [5.41, 5.74) is -5.10. The zero-order valence-electron chi connectivity index (χ0n) is 22.9. The first kappa shape index (κ1) is 29.6. The second-order valence-electron chi connectivity index (χ2n) is 14.0. The standard InChI is InChI=1S/C27H47O9P/c1-23(2,30)10-9-22(36-37(33,34)35)26(5,31)21-8-13-27(32)18-15-20(29)19-14-16(28)6-11-24(19,3)17(18)7-12-25(21,27)4/h16-19,21-22,28,30-32H,6-15H2,1-5H3,(H2,33,34,35)/t16-,17+,18?,19-,21-,22+,24+,25+,26+,27-/m0/s1. The van der Waals surface area contributed by atoms with Gasteiger partial charge in [-0.3, -0.25) is 9.32 Å². The Morgan fingerprint density at radius 2 is 1.70 bits per heavy atom. The van der Waals surface area contributed by atoms with E-state index in [1.807, 2.05) is 6.92 Å². The summed E-state index contributed by atoms with van der Waals surface area (Å²) < 4.78 is 17.0. The second-order valence-corrected chi connectivity index (χ2v) is 15.2. The fourth-order valence-electron chi connectivity index (χ4n) is 9.24. The fraction of sp³-hybridized carbons (Fsp3) is 0.963. The van der Waals surface area contributed by atoms with E-state index in [9.17, 15) is 39.6 Å². The molecular weight excluding hydrogens is 499 g/mol. The molecule has 10 heteroatoms. The van der Waals surface area contributed by atoms with Crippen LogP contribution in [0.4, 0.5) is 0 Å². The minimum atomic E-state index is -4.95. The van der Waals surface area contributed by atoms with Crippen molar-refractivity contribution in [2.75, 3.05) is 0 Å². The summed E-state index contributed by atoms with van der Waals surface area (Å²) in [6, 6.07) is 0. The summed E-state index contributed by atoms with van der Waals surface area (Å²) in [5, 5.41) is 44.8. The van der Waals surface area contributed by atoms with Gasteiger partial charge in [0.05, 0.1) is 29.0 Å². The van der Waals surface area contributed by atoms with Gasteiger partial charge in [0.2, 0.25) is 0 Å². The van der Waals surface area contributed by atoms with Crippen molar-refractivity contribution in [2.24, 2.45) is 34.5 Å². The minimum absolute atomic E-state index is 0.0270. The molecule has 0 amide bonds. The van der Waals surface area contributed by atoms with Gasteiger partial charge in [-0.15, -0.1) is 0 Å². The molecule has 214 valence electrons. The maximum atomic E-state index is 13.4. The van der Waals surface area contributed by atoms with Crippen LogP contribution in [0.5, 0.6) is 0 Å². The molecule has 0 aromatic rings. The third-order valence-corrected chi connectivity index (χ3v) is 11.8. The lowest BCUT2D eigenvalue weighted by Gasteiger charge is -2.63. The SMILES string of the molecule is CC(C)(O)CC[C@@H](OP(=O)(O)O)[C@](C)(O)[C@H]1CC[C@]2(O)C3CC(=O)[C@@H]4C[C@@H](O)CC[C@]4(C)[C@@H]3CC[C@]12C. The average molecular weight is 547 g/mol. The van der Waals surface area contributed by atoms with Crippen LogP contribution in [-0.2, 0) is 13.9 Å². The molecule has 10 atom stereocenters. The first-order chi connectivity index (χ1) is 16.7. The number of hydrogen-bond donors (Lipinski definition) is 6. The van der Waals surface area contributed by atoms with Gasteiger partial charge in [-0.05, 0) is 102 Å². The van der Waals surface area contributed by atoms with Gasteiger partial charge in [-0.25, -0.2) is 4.57 Å². The number of aliphatic hydroxyl groups excluding tert-OH is 1. The summed E-state index contributed by atoms with van der Waals surface area (Å²) in [6.07, 6.45) is 2.80. The Bertz CT molecular complexity index is 941. The molecule has 4 saturated carbocycles. The summed E-state index contributed by atoms with van der Waals surface area (Å²) in [4.78, 5) is 32.6. The smallest absolute Gasteiger partial charge is 0.393 e. The zero-order chi connectivity index (χ0) is 27.8. The Hall–Kier alpha value is -0.380. The van der Waals surface area contributed by atoms with E-state index in [0.29, 0.717) is 32.1 Å². The Kier molecular flexibility index (Phi) is 7.47. The van der Waals surface area contributed by atoms with Crippen LogP contribution in [-0.4, -0.2) is 65.0 Å². The molecule has 4 rings (SSSR count). The van der Waals surface area contributed by atoms with E-state index in [0.717, 1.165) is 12.8 Å². The highest BCUT2D eigenvalue weighted by atomic mass is 31.2. The zero-order valence-corrected chi connectivity index (χ0v) is 23.8. The van der Waals surface area contributed by atoms with E-state index in [1.54, 1.807) is 13.8 Å². The van der Waals surface area contributed by atoms with Crippen molar-refractivity contribution in [3.63, 3.8) is 0 Å². The Balaban J connectivity index is 1.66. The molecule has 6 N–H and O–H groups in total. The molecule has 0 saturated heterocycles. The number of rotatable bonds is 7. The first-order valence-corrected chi connectivity index (χ1v) is 15.4. The van der Waals surface area contributed by atoms with Crippen molar-refractivity contribution in [1.29, 1.82) is 0 Å². The lowest BCUT2D eigenvalue weighted by Crippen LogP contribution is -2.66. The van der Waals surface area contributed by atoms with Crippen LogP contribution in [0.2, 0.25) is 0 Å². The van der Waals surface area contributed by atoms with Crippen molar-refractivity contribution in [3.05, 3.63) is 0 Å². The number of fused-ring (bicyclic) bond motifs is 5. The maximum Gasteiger partial charge on any atom is 0.469 e. The predicted molar refractivity (Wildman–Crippen MR) is 136 cm³/mol. The van der Waals surface area contributed by atoms with E-state index < -0.39 is 48.2 Å². The van der Waals surface area contributed by atoms with E-state index >= 15 is 0 Å². The highest BCUT2D eigenvalue weighted by molar-refractivity contribution is 7.46. The quantitative estimate of drug-likeness (QED) is 0.263. The number of ketones is 1. The summed E-state index contributed by atoms with van der Waals surface area (Å²) in [6.45, 7) is 8.80. The van der Waals surface area contributed by atoms with Crippen LogP contribution in [0.3, 0.4) is 0 Å². The Labute approximate surface area is 220 Å². The van der Waals surface area contributed by atoms with Gasteiger partial charge >= 0.3 is 7.82 Å². The van der Waals surface area contributed by atoms with Gasteiger partial charge in [0.1, 0.15) is 5.78 Å². The number of phosphoric ester groups is 1. The molecule has 0 heterocycles. The van der Waals surface area contributed by atoms with E-state index in [2.05, 4.69) is 6.92 Å². The van der Waals surface area contributed by atoms with Gasteiger partial charge in [0.25, 0.3) is 0 Å². The van der Waals surface area contributed by atoms with E-state index in [1.165, 1.54) is 6.92 Å². The van der Waals surface area contributed by atoms with Gasteiger partial charge < -0.3 is 30.2 Å². The molecular formula is C27H47O9P. The number of carbonyl (C=O) groups is 1. The topological polar surface area (TPSA) is 165 Å². The van der Waals surface area contributed by atoms with Crippen molar-refractivity contribution in [1.82, 2.24) is 0 Å². The molecule has 0 aromatic heterocycles. The number of hydrogen-bond acceptors (Lipinski definition) is 7. The van der Waals surface area contributed by atoms with Crippen LogP contribution in [0.1, 0.15) is 98.8 Å². The second kappa shape index (κ2) is 9.34. The molecule has 4 aliphatic carbocycles. The Morgan fingerprint density at radius 1 is 1.05 bits per heavy atom. The van der Waals surface area contributed by atoms with Crippen LogP contribution in [0.25, 0.3) is 0 Å². The van der Waals surface area contributed by atoms with Crippen molar-refractivity contribution < 1.29 is 44.1 Å². The minimum Gasteiger partial charge on any atom is -0.393 e. The van der Waals surface area contributed by atoms with Crippen LogP contribution in [0.15, 0.2) is 0 Å². The highest BCUT2D eigenvalue weighted by Gasteiger charge is 2.71. The third-order valence-electron chi connectivity index (χ3n) is 11.3. The van der Waals surface area contributed by atoms with Gasteiger partial charge in [-0.1, -0.05) is 13.8 Å². The Morgan fingerprint density at radius 3 is 2.30 bits per heavy atom. The molecule has 37 heavy (non-hydrogen) atoms. The summed E-state index contributed by atoms with van der Waals surface area (Å²) in [7, 11) is -4.95. The summed E-state index contributed by atoms with van der Waals surface area (Å²) in [5.74, 6) is -0.773. The van der Waals surface area contributed by atoms with E-state index in [4.69, 9.17) is 4.52 Å². The lowest BCUT2D eigenvalue weighted by molar-refractivity contribution is -0.226.